The van der Waals surface area contributed by atoms with Crippen LogP contribution in [0.25, 0.3) is 11.3 Å². The number of aromatic nitrogens is 2. The van der Waals surface area contributed by atoms with Gasteiger partial charge in [0.1, 0.15) is 4.60 Å². The van der Waals surface area contributed by atoms with Crippen molar-refractivity contribution in [3.05, 3.63) is 45.7 Å². The summed E-state index contributed by atoms with van der Waals surface area (Å²) in [5.41, 5.74) is 1.94. The predicted molar refractivity (Wildman–Crippen MR) is 62.9 cm³/mol. The van der Waals surface area contributed by atoms with E-state index in [0.29, 0.717) is 0 Å². The molecule has 0 aliphatic rings. The smallest absolute Gasteiger partial charge is 0.124 e. The van der Waals surface area contributed by atoms with Crippen LogP contribution in [0.1, 0.15) is 0 Å². The summed E-state index contributed by atoms with van der Waals surface area (Å²) < 4.78 is 1.81. The molecule has 0 saturated heterocycles. The van der Waals surface area contributed by atoms with Crippen LogP contribution >= 0.6 is 31.9 Å². The third kappa shape index (κ3) is 2.19. The fourth-order valence-electron chi connectivity index (χ4n) is 1.08. The second-order valence-electron chi connectivity index (χ2n) is 2.73. The molecule has 0 aliphatic heterocycles. The zero-order valence-corrected chi connectivity index (χ0v) is 10.3. The highest BCUT2D eigenvalue weighted by Gasteiger charge is 1.98. The minimum absolute atomic E-state index is 0.748. The SMILES string of the molecule is Brc1ccc(-c2cnc(Br)cn2)cc1. The van der Waals surface area contributed by atoms with E-state index in [4.69, 9.17) is 0 Å². The summed E-state index contributed by atoms with van der Waals surface area (Å²) in [5, 5.41) is 0. The number of rotatable bonds is 1. The lowest BCUT2D eigenvalue weighted by atomic mass is 10.2. The van der Waals surface area contributed by atoms with Gasteiger partial charge in [0.15, 0.2) is 0 Å². The Balaban J connectivity index is 2.40. The molecule has 0 atom stereocenters. The van der Waals surface area contributed by atoms with Gasteiger partial charge < -0.3 is 0 Å². The van der Waals surface area contributed by atoms with Crippen LogP contribution < -0.4 is 0 Å². The zero-order chi connectivity index (χ0) is 9.97. The van der Waals surface area contributed by atoms with Crippen molar-refractivity contribution in [3.63, 3.8) is 0 Å². The van der Waals surface area contributed by atoms with Crippen LogP contribution in [0, 0.1) is 0 Å². The second-order valence-corrected chi connectivity index (χ2v) is 4.46. The first-order valence-corrected chi connectivity index (χ1v) is 5.58. The Morgan fingerprint density at radius 2 is 1.57 bits per heavy atom. The average molecular weight is 314 g/mol. The largest absolute Gasteiger partial charge is 0.252 e. The van der Waals surface area contributed by atoms with Gasteiger partial charge in [-0.05, 0) is 28.1 Å². The minimum atomic E-state index is 0.748. The number of nitrogens with zero attached hydrogens (tertiary/aromatic N) is 2. The number of hydrogen-bond donors (Lipinski definition) is 0. The molecule has 0 fully saturated rings. The van der Waals surface area contributed by atoms with Crippen LogP contribution in [0.2, 0.25) is 0 Å². The molecular formula is C10H6Br2N2. The molecule has 2 nitrogen and oxygen atoms in total. The molecule has 0 aliphatic carbocycles. The van der Waals surface area contributed by atoms with Gasteiger partial charge in [-0.1, -0.05) is 28.1 Å². The number of benzene rings is 1. The maximum atomic E-state index is 4.25. The summed E-state index contributed by atoms with van der Waals surface area (Å²) in [6.07, 6.45) is 3.44. The molecule has 2 rings (SSSR count). The van der Waals surface area contributed by atoms with Crippen LogP contribution in [0.3, 0.4) is 0 Å². The number of halogens is 2. The average Bonchev–Trinajstić information content (AvgIpc) is 2.21. The molecule has 0 saturated carbocycles. The monoisotopic (exact) mass is 312 g/mol. The molecule has 4 heteroatoms. The molecule has 0 bridgehead atoms. The van der Waals surface area contributed by atoms with Crippen molar-refractivity contribution in [3.8, 4) is 11.3 Å². The highest BCUT2D eigenvalue weighted by molar-refractivity contribution is 9.10. The van der Waals surface area contributed by atoms with Gasteiger partial charge in [0, 0.05) is 10.0 Å². The summed E-state index contributed by atoms with van der Waals surface area (Å²) in [6, 6.07) is 7.97. The lowest BCUT2D eigenvalue weighted by molar-refractivity contribution is 1.17. The second kappa shape index (κ2) is 4.19. The van der Waals surface area contributed by atoms with Crippen molar-refractivity contribution in [2.75, 3.05) is 0 Å². The minimum Gasteiger partial charge on any atom is -0.252 e. The van der Waals surface area contributed by atoms with Gasteiger partial charge in [0.25, 0.3) is 0 Å². The molecule has 1 heterocycles. The summed E-state index contributed by atoms with van der Waals surface area (Å²) in [4.78, 5) is 8.37. The molecule has 0 spiro atoms. The Kier molecular flexibility index (Phi) is 2.93. The number of hydrogen-bond acceptors (Lipinski definition) is 2. The predicted octanol–water partition coefficient (Wildman–Crippen LogP) is 3.67. The van der Waals surface area contributed by atoms with E-state index in [-0.39, 0.29) is 0 Å². The molecule has 0 N–H and O–H groups in total. The van der Waals surface area contributed by atoms with Crippen molar-refractivity contribution in [1.82, 2.24) is 9.97 Å². The summed E-state index contributed by atoms with van der Waals surface area (Å²) in [6.45, 7) is 0. The molecule has 70 valence electrons. The summed E-state index contributed by atoms with van der Waals surface area (Å²) in [7, 11) is 0. The van der Waals surface area contributed by atoms with Crippen LogP contribution in [0.5, 0.6) is 0 Å². The Morgan fingerprint density at radius 1 is 0.857 bits per heavy atom. The van der Waals surface area contributed by atoms with E-state index in [9.17, 15) is 0 Å². The van der Waals surface area contributed by atoms with Crippen LogP contribution in [0.15, 0.2) is 45.7 Å². The van der Waals surface area contributed by atoms with E-state index in [2.05, 4.69) is 41.8 Å². The Morgan fingerprint density at radius 3 is 2.14 bits per heavy atom. The fourth-order valence-corrected chi connectivity index (χ4v) is 1.55. The highest BCUT2D eigenvalue weighted by atomic mass is 79.9. The van der Waals surface area contributed by atoms with E-state index in [1.807, 2.05) is 24.3 Å². The van der Waals surface area contributed by atoms with Gasteiger partial charge >= 0.3 is 0 Å². The fraction of sp³-hybridized carbons (Fsp3) is 0. The van der Waals surface area contributed by atoms with E-state index in [1.165, 1.54) is 0 Å². The van der Waals surface area contributed by atoms with Crippen LogP contribution in [-0.2, 0) is 0 Å². The molecule has 1 aromatic carbocycles. The molecular weight excluding hydrogens is 308 g/mol. The Labute approximate surface area is 98.7 Å². The normalized spacial score (nSPS) is 10.1. The van der Waals surface area contributed by atoms with Gasteiger partial charge in [0.2, 0.25) is 0 Å². The summed E-state index contributed by atoms with van der Waals surface area (Å²) >= 11 is 6.63. The first kappa shape index (κ1) is 9.80. The van der Waals surface area contributed by atoms with Crippen LogP contribution in [0.4, 0.5) is 0 Å². The Hall–Kier alpha value is -0.740. The Bertz CT molecular complexity index is 379. The van der Waals surface area contributed by atoms with Crippen LogP contribution in [-0.4, -0.2) is 9.97 Å². The van der Waals surface area contributed by atoms with Gasteiger partial charge in [-0.3, -0.25) is 4.98 Å². The van der Waals surface area contributed by atoms with E-state index in [1.54, 1.807) is 12.4 Å². The standard InChI is InChI=1S/C10H6Br2N2/c11-8-3-1-7(2-4-8)9-5-14-10(12)6-13-9/h1-6H. The molecule has 0 amide bonds. The highest BCUT2D eigenvalue weighted by Crippen LogP contribution is 2.19. The van der Waals surface area contributed by atoms with Gasteiger partial charge in [-0.25, -0.2) is 4.98 Å². The van der Waals surface area contributed by atoms with Gasteiger partial charge in [-0.15, -0.1) is 0 Å². The topological polar surface area (TPSA) is 25.8 Å². The lowest BCUT2D eigenvalue weighted by Crippen LogP contribution is -1.85. The lowest BCUT2D eigenvalue weighted by Gasteiger charge is -1.99. The quantitative estimate of drug-likeness (QED) is 0.803. The van der Waals surface area contributed by atoms with Gasteiger partial charge in [-0.2, -0.15) is 0 Å². The maximum absolute atomic E-state index is 4.25. The van der Waals surface area contributed by atoms with E-state index >= 15 is 0 Å². The third-order valence-corrected chi connectivity index (χ3v) is 2.70. The molecule has 0 unspecified atom stereocenters. The zero-order valence-electron chi connectivity index (χ0n) is 7.11. The van der Waals surface area contributed by atoms with Crippen molar-refractivity contribution in [1.29, 1.82) is 0 Å². The molecule has 1 aromatic heterocycles. The van der Waals surface area contributed by atoms with Crippen molar-refractivity contribution in [2.45, 2.75) is 0 Å². The maximum Gasteiger partial charge on any atom is 0.124 e. The van der Waals surface area contributed by atoms with E-state index in [0.717, 1.165) is 20.3 Å². The van der Waals surface area contributed by atoms with Crippen molar-refractivity contribution in [2.24, 2.45) is 0 Å². The van der Waals surface area contributed by atoms with E-state index < -0.39 is 0 Å². The third-order valence-electron chi connectivity index (χ3n) is 1.76. The molecule has 0 radical (unpaired) electrons. The summed E-state index contributed by atoms with van der Waals surface area (Å²) in [5.74, 6) is 0. The molecule has 14 heavy (non-hydrogen) atoms. The first-order valence-electron chi connectivity index (χ1n) is 3.99. The first-order chi connectivity index (χ1) is 6.75. The van der Waals surface area contributed by atoms with Crippen molar-refractivity contribution < 1.29 is 0 Å². The van der Waals surface area contributed by atoms with Gasteiger partial charge in [0.05, 0.1) is 18.1 Å². The van der Waals surface area contributed by atoms with Crippen molar-refractivity contribution >= 4 is 31.9 Å². The molecule has 2 aromatic rings.